The van der Waals surface area contributed by atoms with Crippen molar-refractivity contribution >= 4 is 0 Å². The molecule has 0 aliphatic heterocycles. The van der Waals surface area contributed by atoms with Crippen molar-refractivity contribution in [1.82, 2.24) is 20.2 Å². The Kier molecular flexibility index (Phi) is 4.30. The zero-order valence-electron chi connectivity index (χ0n) is 13.3. The van der Waals surface area contributed by atoms with Crippen molar-refractivity contribution in [2.24, 2.45) is 0 Å². The second kappa shape index (κ2) is 6.42. The van der Waals surface area contributed by atoms with Gasteiger partial charge in [0, 0.05) is 6.07 Å². The van der Waals surface area contributed by atoms with Crippen LogP contribution in [0.4, 0.5) is 13.2 Å². The summed E-state index contributed by atoms with van der Waals surface area (Å²) in [5, 5.41) is 5.66. The molecular weight excluding hydrogens is 337 g/mol. The highest BCUT2D eigenvalue weighted by Crippen LogP contribution is 2.32. The summed E-state index contributed by atoms with van der Waals surface area (Å²) in [5.74, 6) is 0.667. The first-order valence-corrected chi connectivity index (χ1v) is 7.12. The Hall–Kier alpha value is -3.10. The summed E-state index contributed by atoms with van der Waals surface area (Å²) in [6, 6.07) is 9.21. The number of H-pyrrole nitrogens is 1. The van der Waals surface area contributed by atoms with Gasteiger partial charge in [-0.3, -0.25) is 5.10 Å². The molecule has 3 heterocycles. The molecule has 0 aliphatic rings. The second-order valence-corrected chi connectivity index (χ2v) is 4.98. The van der Waals surface area contributed by atoms with Crippen LogP contribution in [0.15, 0.2) is 36.4 Å². The molecule has 0 unspecified atom stereocenters. The first-order valence-electron chi connectivity index (χ1n) is 7.12. The molecule has 0 amide bonds. The fourth-order valence-corrected chi connectivity index (χ4v) is 2.21. The monoisotopic (exact) mass is 350 g/mol. The highest BCUT2D eigenvalue weighted by molar-refractivity contribution is 5.68. The molecule has 0 radical (unpaired) electrons. The third-order valence-corrected chi connectivity index (χ3v) is 3.41. The van der Waals surface area contributed by atoms with E-state index in [0.29, 0.717) is 28.7 Å². The number of hydrogen-bond donors (Lipinski definition) is 1. The smallest absolute Gasteiger partial charge is 0.432 e. The topological polar surface area (TPSA) is 72.9 Å². The molecule has 0 saturated carbocycles. The normalized spacial score (nSPS) is 11.4. The predicted molar refractivity (Wildman–Crippen MR) is 83.2 cm³/mol. The van der Waals surface area contributed by atoms with E-state index in [1.807, 2.05) is 5.10 Å². The molecule has 9 heteroatoms. The van der Waals surface area contributed by atoms with E-state index in [0.717, 1.165) is 6.07 Å². The maximum Gasteiger partial charge on any atom is 0.432 e. The van der Waals surface area contributed by atoms with E-state index in [-0.39, 0.29) is 5.69 Å². The summed E-state index contributed by atoms with van der Waals surface area (Å²) in [6.45, 7) is 0. The average molecular weight is 350 g/mol. The van der Waals surface area contributed by atoms with Crippen molar-refractivity contribution in [1.29, 1.82) is 0 Å². The summed E-state index contributed by atoms with van der Waals surface area (Å²) in [7, 11) is 2.94. The molecular formula is C16H13F3N4O2. The van der Waals surface area contributed by atoms with Crippen LogP contribution in [0.3, 0.4) is 0 Å². The molecule has 3 rings (SSSR count). The molecule has 3 aromatic rings. The Balaban J connectivity index is 2.01. The van der Waals surface area contributed by atoms with Crippen LogP contribution in [0.5, 0.6) is 11.8 Å². The van der Waals surface area contributed by atoms with Crippen LogP contribution >= 0.6 is 0 Å². The molecule has 0 spiro atoms. The van der Waals surface area contributed by atoms with Crippen LogP contribution in [0.25, 0.3) is 22.6 Å². The number of pyridine rings is 2. The van der Waals surface area contributed by atoms with E-state index < -0.39 is 11.9 Å². The van der Waals surface area contributed by atoms with Gasteiger partial charge in [0.25, 0.3) is 0 Å². The van der Waals surface area contributed by atoms with Crippen LogP contribution in [0.1, 0.15) is 5.69 Å². The number of alkyl halides is 3. The zero-order chi connectivity index (χ0) is 18.0. The molecule has 0 aliphatic carbocycles. The van der Waals surface area contributed by atoms with Gasteiger partial charge in [0.1, 0.15) is 11.4 Å². The molecule has 0 bridgehead atoms. The van der Waals surface area contributed by atoms with Crippen molar-refractivity contribution < 1.29 is 22.6 Å². The molecule has 1 N–H and O–H groups in total. The third kappa shape index (κ3) is 3.39. The van der Waals surface area contributed by atoms with Crippen molar-refractivity contribution in [3.8, 4) is 34.4 Å². The minimum absolute atomic E-state index is 0.0922. The maximum absolute atomic E-state index is 12.7. The predicted octanol–water partition coefficient (Wildman–Crippen LogP) is 3.57. The lowest BCUT2D eigenvalue weighted by Crippen LogP contribution is -2.04. The molecule has 0 saturated heterocycles. The maximum atomic E-state index is 12.7. The number of aromatic amines is 1. The van der Waals surface area contributed by atoms with Crippen LogP contribution in [-0.2, 0) is 6.18 Å². The molecule has 130 valence electrons. The van der Waals surface area contributed by atoms with Gasteiger partial charge >= 0.3 is 6.18 Å². The average Bonchev–Trinajstić information content (AvgIpc) is 3.12. The van der Waals surface area contributed by atoms with Crippen LogP contribution < -0.4 is 9.47 Å². The summed E-state index contributed by atoms with van der Waals surface area (Å²) in [4.78, 5) is 8.53. The van der Waals surface area contributed by atoms with Gasteiger partial charge in [-0.05, 0) is 24.3 Å². The Morgan fingerprint density at radius 3 is 2.32 bits per heavy atom. The lowest BCUT2D eigenvalue weighted by molar-refractivity contribution is -0.141. The standard InChI is InChI=1S/C16H13F3N4O2/c1-24-14-7-6-9(15(21-14)25-2)10-4-3-5-11(20-10)12-8-13(23-22-12)16(17,18)19/h3-8H,1-2H3,(H,22,23). The van der Waals surface area contributed by atoms with Crippen LogP contribution in [-0.4, -0.2) is 34.4 Å². The Labute approximate surface area is 140 Å². The fraction of sp³-hybridized carbons (Fsp3) is 0.188. The summed E-state index contributed by atoms with van der Waals surface area (Å²) >= 11 is 0. The van der Waals surface area contributed by atoms with E-state index in [1.165, 1.54) is 14.2 Å². The Morgan fingerprint density at radius 2 is 1.68 bits per heavy atom. The van der Waals surface area contributed by atoms with E-state index in [9.17, 15) is 13.2 Å². The van der Waals surface area contributed by atoms with Gasteiger partial charge in [0.05, 0.1) is 31.2 Å². The molecule has 0 atom stereocenters. The van der Waals surface area contributed by atoms with Gasteiger partial charge in [-0.2, -0.15) is 23.3 Å². The molecule has 3 aromatic heterocycles. The number of methoxy groups -OCH3 is 2. The van der Waals surface area contributed by atoms with Crippen molar-refractivity contribution in [2.45, 2.75) is 6.18 Å². The Morgan fingerprint density at radius 1 is 0.920 bits per heavy atom. The summed E-state index contributed by atoms with van der Waals surface area (Å²) < 4.78 is 48.4. The van der Waals surface area contributed by atoms with Crippen molar-refractivity contribution in [2.75, 3.05) is 14.2 Å². The molecule has 0 aromatic carbocycles. The molecule has 6 nitrogen and oxygen atoms in total. The minimum atomic E-state index is -4.49. The molecule has 25 heavy (non-hydrogen) atoms. The lowest BCUT2D eigenvalue weighted by atomic mass is 10.1. The quantitative estimate of drug-likeness (QED) is 0.779. The third-order valence-electron chi connectivity index (χ3n) is 3.41. The zero-order valence-corrected chi connectivity index (χ0v) is 13.3. The second-order valence-electron chi connectivity index (χ2n) is 4.98. The molecule has 0 fully saturated rings. The minimum Gasteiger partial charge on any atom is -0.481 e. The first kappa shape index (κ1) is 16.7. The number of aromatic nitrogens is 4. The number of nitrogens with one attached hydrogen (secondary N) is 1. The fourth-order valence-electron chi connectivity index (χ4n) is 2.21. The number of nitrogens with zero attached hydrogens (tertiary/aromatic N) is 3. The highest BCUT2D eigenvalue weighted by Gasteiger charge is 2.33. The van der Waals surface area contributed by atoms with Gasteiger partial charge in [-0.1, -0.05) is 6.07 Å². The number of halogens is 3. The van der Waals surface area contributed by atoms with Gasteiger partial charge in [-0.25, -0.2) is 4.98 Å². The summed E-state index contributed by atoms with van der Waals surface area (Å²) in [6.07, 6.45) is -4.49. The SMILES string of the molecule is COc1ccc(-c2cccc(-c3cc(C(F)(F)F)[nH]n3)n2)c(OC)n1. The van der Waals surface area contributed by atoms with Gasteiger partial charge in [-0.15, -0.1) is 0 Å². The highest BCUT2D eigenvalue weighted by atomic mass is 19.4. The van der Waals surface area contributed by atoms with Gasteiger partial charge in [0.2, 0.25) is 11.8 Å². The summed E-state index contributed by atoms with van der Waals surface area (Å²) in [5.41, 5.74) is 0.521. The van der Waals surface area contributed by atoms with Crippen LogP contribution in [0.2, 0.25) is 0 Å². The van der Waals surface area contributed by atoms with E-state index in [2.05, 4.69) is 15.1 Å². The largest absolute Gasteiger partial charge is 0.481 e. The van der Waals surface area contributed by atoms with Gasteiger partial charge < -0.3 is 9.47 Å². The first-order chi connectivity index (χ1) is 11.9. The van der Waals surface area contributed by atoms with E-state index >= 15 is 0 Å². The van der Waals surface area contributed by atoms with Crippen LogP contribution in [0, 0.1) is 0 Å². The number of ether oxygens (including phenoxy) is 2. The van der Waals surface area contributed by atoms with Crippen molar-refractivity contribution in [3.05, 3.63) is 42.1 Å². The van der Waals surface area contributed by atoms with Gasteiger partial charge in [0.15, 0.2) is 0 Å². The number of rotatable bonds is 4. The van der Waals surface area contributed by atoms with E-state index in [1.54, 1.807) is 30.3 Å². The lowest BCUT2D eigenvalue weighted by Gasteiger charge is -2.09. The Bertz CT molecular complexity index is 893. The number of hydrogen-bond acceptors (Lipinski definition) is 5. The van der Waals surface area contributed by atoms with E-state index in [4.69, 9.17) is 9.47 Å². The van der Waals surface area contributed by atoms with Crippen molar-refractivity contribution in [3.63, 3.8) is 0 Å².